The minimum atomic E-state index is -4.86. The first-order valence-electron chi connectivity index (χ1n) is 8.83. The molecule has 2 nitrogen and oxygen atoms in total. The van der Waals surface area contributed by atoms with E-state index in [0.29, 0.717) is 11.3 Å². The number of thioether (sulfide) groups is 1. The highest BCUT2D eigenvalue weighted by Crippen LogP contribution is 2.37. The maximum absolute atomic E-state index is 12.9. The van der Waals surface area contributed by atoms with Crippen LogP contribution in [0, 0.1) is 0 Å². The molecule has 30 heavy (non-hydrogen) atoms. The molecule has 2 aromatic carbocycles. The van der Waals surface area contributed by atoms with E-state index in [1.807, 2.05) is 0 Å². The van der Waals surface area contributed by atoms with Crippen molar-refractivity contribution in [1.82, 2.24) is 0 Å². The summed E-state index contributed by atoms with van der Waals surface area (Å²) in [5.74, 6) is -0.155. The molecule has 0 heterocycles. The third-order valence-electron chi connectivity index (χ3n) is 3.77. The number of alkyl halides is 6. The zero-order chi connectivity index (χ0) is 22.7. The van der Waals surface area contributed by atoms with Crippen molar-refractivity contribution < 1.29 is 35.9 Å². The molecule has 0 saturated heterocycles. The number of ether oxygens (including phenoxy) is 1. The van der Waals surface area contributed by atoms with Crippen molar-refractivity contribution in [1.29, 1.82) is 0 Å². The van der Waals surface area contributed by atoms with E-state index in [1.54, 1.807) is 45.0 Å². The van der Waals surface area contributed by atoms with Gasteiger partial charge < -0.3 is 4.74 Å². The van der Waals surface area contributed by atoms with Gasteiger partial charge in [0.2, 0.25) is 0 Å². The number of hydrogen-bond donors (Lipinski definition) is 0. The second-order valence-electron chi connectivity index (χ2n) is 7.61. The van der Waals surface area contributed by atoms with Gasteiger partial charge in [-0.2, -0.15) is 38.1 Å². The molecule has 0 N–H and O–H groups in total. The molecule has 0 amide bonds. The Balaban J connectivity index is 2.05. The summed E-state index contributed by atoms with van der Waals surface area (Å²) in [4.78, 5) is 12.0. The number of hydrogen-bond acceptors (Lipinski definition) is 3. The number of carbonyl (C=O) groups is 1. The highest BCUT2D eigenvalue weighted by atomic mass is 32.2. The van der Waals surface area contributed by atoms with Gasteiger partial charge in [-0.15, -0.1) is 0 Å². The molecule has 164 valence electrons. The molecule has 0 bridgehead atoms. The Morgan fingerprint density at radius 3 is 1.70 bits per heavy atom. The van der Waals surface area contributed by atoms with Crippen molar-refractivity contribution in [2.45, 2.75) is 50.2 Å². The minimum absolute atomic E-state index is 0.0270. The van der Waals surface area contributed by atoms with E-state index in [0.717, 1.165) is 17.7 Å². The zero-order valence-corrected chi connectivity index (χ0v) is 17.3. The number of halogens is 6. The first-order valence-corrected chi connectivity index (χ1v) is 9.99. The van der Waals surface area contributed by atoms with Crippen molar-refractivity contribution in [3.05, 3.63) is 70.3 Å². The van der Waals surface area contributed by atoms with Crippen molar-refractivity contribution in [2.24, 2.45) is 0 Å². The fraction of sp³-hybridized carbons (Fsp3) is 0.381. The molecule has 0 spiro atoms. The van der Waals surface area contributed by atoms with Gasteiger partial charge in [-0.1, -0.05) is 12.1 Å². The molecular formula is C21H20F6O2S. The molecule has 0 fully saturated rings. The van der Waals surface area contributed by atoms with Gasteiger partial charge in [0.1, 0.15) is 5.60 Å². The van der Waals surface area contributed by atoms with Gasteiger partial charge in [-0.25, -0.2) is 4.79 Å². The van der Waals surface area contributed by atoms with Crippen LogP contribution in [0.2, 0.25) is 0 Å². The lowest BCUT2D eigenvalue weighted by Gasteiger charge is -2.19. The summed E-state index contributed by atoms with van der Waals surface area (Å²) in [5, 5.41) is 0. The summed E-state index contributed by atoms with van der Waals surface area (Å²) in [7, 11) is 0. The molecule has 0 radical (unpaired) electrons. The first-order chi connectivity index (χ1) is 13.6. The van der Waals surface area contributed by atoms with E-state index in [9.17, 15) is 31.1 Å². The second kappa shape index (κ2) is 8.91. The molecule has 2 aromatic rings. The van der Waals surface area contributed by atoms with Crippen molar-refractivity contribution >= 4 is 17.7 Å². The molecule has 9 heteroatoms. The van der Waals surface area contributed by atoms with Crippen LogP contribution in [0.4, 0.5) is 26.3 Å². The van der Waals surface area contributed by atoms with Crippen molar-refractivity contribution in [2.75, 3.05) is 0 Å². The van der Waals surface area contributed by atoms with Gasteiger partial charge in [-0.3, -0.25) is 0 Å². The Kier molecular flexibility index (Phi) is 7.16. The fourth-order valence-electron chi connectivity index (χ4n) is 2.46. The third kappa shape index (κ3) is 7.27. The SMILES string of the molecule is CC(C)(C)OC(=O)c1ccc(CSCc2cc(C(F)(F)F)cc(C(F)(F)F)c2)cc1. The topological polar surface area (TPSA) is 26.3 Å². The molecule has 0 saturated carbocycles. The van der Waals surface area contributed by atoms with E-state index in [-0.39, 0.29) is 17.4 Å². The zero-order valence-electron chi connectivity index (χ0n) is 16.4. The number of rotatable bonds is 5. The molecule has 0 aliphatic carbocycles. The van der Waals surface area contributed by atoms with Crippen molar-refractivity contribution in [3.63, 3.8) is 0 Å². The largest absolute Gasteiger partial charge is 0.456 e. The summed E-state index contributed by atoms with van der Waals surface area (Å²) in [6.07, 6.45) is -9.73. The lowest BCUT2D eigenvalue weighted by molar-refractivity contribution is -0.143. The summed E-state index contributed by atoms with van der Waals surface area (Å²) >= 11 is 1.17. The van der Waals surface area contributed by atoms with E-state index < -0.39 is 35.0 Å². The highest BCUT2D eigenvalue weighted by Gasteiger charge is 2.36. The summed E-state index contributed by atoms with van der Waals surface area (Å²) in [6, 6.07) is 8.04. The lowest BCUT2D eigenvalue weighted by atomic mass is 10.1. The van der Waals surface area contributed by atoms with Gasteiger partial charge in [0, 0.05) is 11.5 Å². The monoisotopic (exact) mass is 450 g/mol. The van der Waals surface area contributed by atoms with Crippen LogP contribution >= 0.6 is 11.8 Å². The minimum Gasteiger partial charge on any atom is -0.456 e. The molecular weight excluding hydrogens is 430 g/mol. The molecule has 0 aliphatic rings. The lowest BCUT2D eigenvalue weighted by Crippen LogP contribution is -2.23. The number of carbonyl (C=O) groups excluding carboxylic acids is 1. The van der Waals surface area contributed by atoms with Crippen LogP contribution < -0.4 is 0 Å². The predicted octanol–water partition coefficient (Wildman–Crippen LogP) is 7.11. The first kappa shape index (κ1) is 24.1. The van der Waals surface area contributed by atoms with Crippen LogP contribution in [0.15, 0.2) is 42.5 Å². The second-order valence-corrected chi connectivity index (χ2v) is 8.59. The number of esters is 1. The molecule has 0 unspecified atom stereocenters. The third-order valence-corrected chi connectivity index (χ3v) is 4.85. The molecule has 0 atom stereocenters. The molecule has 0 aromatic heterocycles. The standard InChI is InChI=1S/C21H20F6O2S/c1-19(2,3)29-18(28)15-6-4-13(5-7-15)11-30-12-14-8-16(20(22,23)24)10-17(9-14)21(25,26)27/h4-10H,11-12H2,1-3H3. The van der Waals surface area contributed by atoms with E-state index in [1.165, 1.54) is 11.8 Å². The van der Waals surface area contributed by atoms with Crippen LogP contribution in [0.5, 0.6) is 0 Å². The van der Waals surface area contributed by atoms with Crippen LogP contribution in [0.25, 0.3) is 0 Å². The van der Waals surface area contributed by atoms with Gasteiger partial charge in [0.05, 0.1) is 16.7 Å². The Labute approximate surface area is 174 Å². The van der Waals surface area contributed by atoms with E-state index in [2.05, 4.69) is 0 Å². The van der Waals surface area contributed by atoms with Crippen LogP contribution in [-0.2, 0) is 28.6 Å². The maximum atomic E-state index is 12.9. The molecule has 2 rings (SSSR count). The van der Waals surface area contributed by atoms with E-state index >= 15 is 0 Å². The smallest absolute Gasteiger partial charge is 0.416 e. The van der Waals surface area contributed by atoms with Crippen LogP contribution in [0.1, 0.15) is 53.4 Å². The molecule has 0 aliphatic heterocycles. The van der Waals surface area contributed by atoms with Gasteiger partial charge in [-0.05, 0) is 62.2 Å². The Morgan fingerprint density at radius 2 is 1.27 bits per heavy atom. The Morgan fingerprint density at radius 1 is 0.800 bits per heavy atom. The van der Waals surface area contributed by atoms with Gasteiger partial charge in [0.25, 0.3) is 0 Å². The van der Waals surface area contributed by atoms with E-state index in [4.69, 9.17) is 4.74 Å². The predicted molar refractivity (Wildman–Crippen MR) is 103 cm³/mol. The summed E-state index contributed by atoms with van der Waals surface area (Å²) in [6.45, 7) is 5.23. The average Bonchev–Trinajstić information content (AvgIpc) is 2.59. The van der Waals surface area contributed by atoms with Gasteiger partial charge >= 0.3 is 18.3 Å². The summed E-state index contributed by atoms with van der Waals surface area (Å²) < 4.78 is 82.8. The Hall–Kier alpha value is -2.16. The Bertz CT molecular complexity index is 848. The average molecular weight is 450 g/mol. The quantitative estimate of drug-likeness (QED) is 0.359. The maximum Gasteiger partial charge on any atom is 0.416 e. The van der Waals surface area contributed by atoms with Crippen LogP contribution in [0.3, 0.4) is 0 Å². The van der Waals surface area contributed by atoms with Crippen molar-refractivity contribution in [3.8, 4) is 0 Å². The summed E-state index contributed by atoms with van der Waals surface area (Å²) in [5.41, 5.74) is -2.22. The number of benzene rings is 2. The van der Waals surface area contributed by atoms with Crippen LogP contribution in [-0.4, -0.2) is 11.6 Å². The van der Waals surface area contributed by atoms with Gasteiger partial charge in [0.15, 0.2) is 0 Å². The highest BCUT2D eigenvalue weighted by molar-refractivity contribution is 7.97. The normalized spacial score (nSPS) is 12.7. The fourth-order valence-corrected chi connectivity index (χ4v) is 3.40.